The molecule has 3 N–H and O–H groups in total. The van der Waals surface area contributed by atoms with Crippen molar-refractivity contribution >= 4 is 40.3 Å². The van der Waals surface area contributed by atoms with Crippen molar-refractivity contribution in [1.29, 1.82) is 0 Å². The van der Waals surface area contributed by atoms with Crippen LogP contribution in [0.25, 0.3) is 0 Å². The topological polar surface area (TPSA) is 87.3 Å². The first-order valence-corrected chi connectivity index (χ1v) is 9.23. The number of carbonyl (C=O) groups is 3. The highest BCUT2D eigenvalue weighted by atomic mass is 127. The predicted octanol–water partition coefficient (Wildman–Crippen LogP) is 1.50. The van der Waals surface area contributed by atoms with Crippen LogP contribution in [-0.2, 0) is 16.0 Å². The molecule has 0 saturated carbocycles. The van der Waals surface area contributed by atoms with Crippen molar-refractivity contribution in [3.05, 3.63) is 69.3 Å². The Morgan fingerprint density at radius 3 is 2.23 bits per heavy atom. The van der Waals surface area contributed by atoms with Gasteiger partial charge in [-0.25, -0.2) is 0 Å². The van der Waals surface area contributed by atoms with Crippen molar-refractivity contribution in [1.82, 2.24) is 16.0 Å². The Bertz CT molecular complexity index is 766. The summed E-state index contributed by atoms with van der Waals surface area (Å²) in [5.74, 6) is -1.01. The maximum Gasteiger partial charge on any atom is 0.251 e. The second-order valence-corrected chi connectivity index (χ2v) is 6.80. The van der Waals surface area contributed by atoms with Gasteiger partial charge in [0, 0.05) is 15.7 Å². The van der Waals surface area contributed by atoms with Gasteiger partial charge in [0.05, 0.1) is 13.1 Å². The summed E-state index contributed by atoms with van der Waals surface area (Å²) < 4.78 is 0.937. The van der Waals surface area contributed by atoms with Crippen LogP contribution in [0.15, 0.2) is 54.6 Å². The van der Waals surface area contributed by atoms with Gasteiger partial charge in [-0.05, 0) is 52.8 Å². The molecule has 0 aliphatic heterocycles. The Hall–Kier alpha value is -2.42. The minimum absolute atomic E-state index is 0.118. The van der Waals surface area contributed by atoms with Gasteiger partial charge in [-0.1, -0.05) is 36.4 Å². The van der Waals surface area contributed by atoms with Gasteiger partial charge in [-0.15, -0.1) is 0 Å². The number of amides is 3. The van der Waals surface area contributed by atoms with Gasteiger partial charge >= 0.3 is 0 Å². The lowest BCUT2D eigenvalue weighted by Gasteiger charge is -2.08. The summed E-state index contributed by atoms with van der Waals surface area (Å²) in [6, 6.07) is 16.9. The molecule has 3 amide bonds. The van der Waals surface area contributed by atoms with Crippen LogP contribution in [0.1, 0.15) is 15.9 Å². The van der Waals surface area contributed by atoms with Crippen LogP contribution in [0.2, 0.25) is 0 Å². The smallest absolute Gasteiger partial charge is 0.251 e. The highest BCUT2D eigenvalue weighted by molar-refractivity contribution is 14.1. The molecule has 6 nitrogen and oxygen atoms in total. The van der Waals surface area contributed by atoms with E-state index in [4.69, 9.17) is 0 Å². The van der Waals surface area contributed by atoms with Crippen LogP contribution in [0.5, 0.6) is 0 Å². The lowest BCUT2D eigenvalue weighted by molar-refractivity contribution is -0.125. The van der Waals surface area contributed by atoms with Crippen LogP contribution >= 0.6 is 22.6 Å². The molecular weight excluding hydrogens is 445 g/mol. The molecule has 0 atom stereocenters. The number of benzene rings is 2. The standard InChI is InChI=1S/C19H20IN3O3/c20-16-8-4-7-15(11-16)19(26)23-13-18(25)22-12-17(24)21-10-9-14-5-2-1-3-6-14/h1-8,11H,9-10,12-13H2,(H,21,24)(H,22,25)(H,23,26). The van der Waals surface area contributed by atoms with Gasteiger partial charge in [-0.2, -0.15) is 0 Å². The van der Waals surface area contributed by atoms with E-state index in [1.807, 2.05) is 36.4 Å². The molecule has 0 saturated heterocycles. The highest BCUT2D eigenvalue weighted by Crippen LogP contribution is 2.07. The first kappa shape index (κ1) is 19.9. The molecule has 2 rings (SSSR count). The van der Waals surface area contributed by atoms with Crippen molar-refractivity contribution in [3.63, 3.8) is 0 Å². The Morgan fingerprint density at radius 2 is 1.50 bits per heavy atom. The van der Waals surface area contributed by atoms with E-state index in [2.05, 4.69) is 38.5 Å². The SMILES string of the molecule is O=C(CNC(=O)CNC(=O)c1cccc(I)c1)NCCc1ccccc1. The van der Waals surface area contributed by atoms with Crippen molar-refractivity contribution < 1.29 is 14.4 Å². The molecule has 2 aromatic rings. The van der Waals surface area contributed by atoms with Crippen LogP contribution in [-0.4, -0.2) is 37.4 Å². The van der Waals surface area contributed by atoms with Gasteiger partial charge in [0.15, 0.2) is 0 Å². The fourth-order valence-corrected chi connectivity index (χ4v) is 2.73. The molecule has 26 heavy (non-hydrogen) atoms. The van der Waals surface area contributed by atoms with Crippen molar-refractivity contribution in [3.8, 4) is 0 Å². The quantitative estimate of drug-likeness (QED) is 0.517. The molecule has 136 valence electrons. The number of rotatable bonds is 8. The van der Waals surface area contributed by atoms with Gasteiger partial charge < -0.3 is 16.0 Å². The Balaban J connectivity index is 1.62. The first-order chi connectivity index (χ1) is 12.5. The molecule has 0 aliphatic carbocycles. The fraction of sp³-hybridized carbons (Fsp3) is 0.211. The maximum absolute atomic E-state index is 11.9. The van der Waals surface area contributed by atoms with Gasteiger partial charge in [-0.3, -0.25) is 14.4 Å². The monoisotopic (exact) mass is 465 g/mol. The van der Waals surface area contributed by atoms with E-state index < -0.39 is 5.91 Å². The summed E-state index contributed by atoms with van der Waals surface area (Å²) in [6.07, 6.45) is 0.729. The number of hydrogen-bond donors (Lipinski definition) is 3. The molecule has 0 aromatic heterocycles. The zero-order chi connectivity index (χ0) is 18.8. The summed E-state index contributed by atoms with van der Waals surface area (Å²) in [4.78, 5) is 35.4. The van der Waals surface area contributed by atoms with E-state index in [9.17, 15) is 14.4 Å². The Labute approximate surface area is 165 Å². The van der Waals surface area contributed by atoms with E-state index >= 15 is 0 Å². The minimum Gasteiger partial charge on any atom is -0.354 e. The average Bonchev–Trinajstić information content (AvgIpc) is 2.65. The van der Waals surface area contributed by atoms with Gasteiger partial charge in [0.25, 0.3) is 5.91 Å². The average molecular weight is 465 g/mol. The molecule has 0 unspecified atom stereocenters. The molecule has 0 bridgehead atoms. The van der Waals surface area contributed by atoms with Crippen LogP contribution in [0.4, 0.5) is 0 Å². The maximum atomic E-state index is 11.9. The summed E-state index contributed by atoms with van der Waals surface area (Å²) >= 11 is 2.11. The molecule has 0 aliphatic rings. The van der Waals surface area contributed by atoms with E-state index in [-0.39, 0.29) is 24.9 Å². The summed E-state index contributed by atoms with van der Waals surface area (Å²) in [5, 5.41) is 7.75. The van der Waals surface area contributed by atoms with Crippen molar-refractivity contribution in [2.75, 3.05) is 19.6 Å². The predicted molar refractivity (Wildman–Crippen MR) is 108 cm³/mol. The van der Waals surface area contributed by atoms with E-state index in [0.717, 1.165) is 15.6 Å². The van der Waals surface area contributed by atoms with Gasteiger partial charge in [0.2, 0.25) is 11.8 Å². The van der Waals surface area contributed by atoms with E-state index in [1.165, 1.54) is 0 Å². The second-order valence-electron chi connectivity index (χ2n) is 5.56. The molecule has 0 spiro atoms. The third-order valence-corrected chi connectivity index (χ3v) is 4.19. The van der Waals surface area contributed by atoms with E-state index in [1.54, 1.807) is 18.2 Å². The van der Waals surface area contributed by atoms with Crippen LogP contribution < -0.4 is 16.0 Å². The molecule has 2 aromatic carbocycles. The molecular formula is C19H20IN3O3. The normalized spacial score (nSPS) is 10.0. The lowest BCUT2D eigenvalue weighted by atomic mass is 10.1. The Morgan fingerprint density at radius 1 is 0.808 bits per heavy atom. The minimum atomic E-state index is -0.415. The zero-order valence-corrected chi connectivity index (χ0v) is 16.3. The Kier molecular flexibility index (Phi) is 8.07. The van der Waals surface area contributed by atoms with Crippen molar-refractivity contribution in [2.45, 2.75) is 6.42 Å². The first-order valence-electron chi connectivity index (χ1n) is 8.15. The second kappa shape index (κ2) is 10.5. The fourth-order valence-electron chi connectivity index (χ4n) is 2.19. The molecule has 0 radical (unpaired) electrons. The molecule has 0 heterocycles. The van der Waals surface area contributed by atoms with Crippen LogP contribution in [0.3, 0.4) is 0 Å². The van der Waals surface area contributed by atoms with Gasteiger partial charge in [0.1, 0.15) is 0 Å². The third kappa shape index (κ3) is 7.22. The van der Waals surface area contributed by atoms with Crippen molar-refractivity contribution in [2.24, 2.45) is 0 Å². The number of carbonyl (C=O) groups excluding carboxylic acids is 3. The summed E-state index contributed by atoms with van der Waals surface area (Å²) in [5.41, 5.74) is 1.62. The number of halogens is 1. The largest absolute Gasteiger partial charge is 0.354 e. The third-order valence-electron chi connectivity index (χ3n) is 3.52. The highest BCUT2D eigenvalue weighted by Gasteiger charge is 2.09. The van der Waals surface area contributed by atoms with E-state index in [0.29, 0.717) is 12.1 Å². The molecule has 7 heteroatoms. The zero-order valence-electron chi connectivity index (χ0n) is 14.1. The molecule has 0 fully saturated rings. The van der Waals surface area contributed by atoms with Crippen LogP contribution in [0, 0.1) is 3.57 Å². The lowest BCUT2D eigenvalue weighted by Crippen LogP contribution is -2.42. The number of hydrogen-bond acceptors (Lipinski definition) is 3. The number of nitrogens with one attached hydrogen (secondary N) is 3. The summed E-state index contributed by atoms with van der Waals surface area (Å²) in [7, 11) is 0. The summed E-state index contributed by atoms with van der Waals surface area (Å²) in [6.45, 7) is 0.205.